The summed E-state index contributed by atoms with van der Waals surface area (Å²) in [4.78, 5) is 39.6. The summed E-state index contributed by atoms with van der Waals surface area (Å²) >= 11 is 0. The van der Waals surface area contributed by atoms with Crippen molar-refractivity contribution >= 4 is 18.0 Å². The molecule has 0 unspecified atom stereocenters. The van der Waals surface area contributed by atoms with Gasteiger partial charge in [0.1, 0.15) is 12.3 Å². The molecule has 2 aromatic carbocycles. The Hall–Kier alpha value is -4.14. The van der Waals surface area contributed by atoms with Crippen LogP contribution in [0.2, 0.25) is 0 Å². The Morgan fingerprint density at radius 2 is 1.69 bits per heavy atom. The van der Waals surface area contributed by atoms with E-state index in [0.29, 0.717) is 25.9 Å². The Labute approximate surface area is 202 Å². The van der Waals surface area contributed by atoms with Gasteiger partial charge in [0.2, 0.25) is 0 Å². The first-order valence-corrected chi connectivity index (χ1v) is 11.6. The van der Waals surface area contributed by atoms with Crippen molar-refractivity contribution in [1.82, 2.24) is 20.2 Å². The van der Waals surface area contributed by atoms with Gasteiger partial charge in [-0.25, -0.2) is 9.78 Å². The van der Waals surface area contributed by atoms with E-state index in [0.717, 1.165) is 11.1 Å². The molecule has 0 saturated heterocycles. The van der Waals surface area contributed by atoms with Crippen LogP contribution in [0.3, 0.4) is 0 Å². The zero-order chi connectivity index (χ0) is 24.4. The van der Waals surface area contributed by atoms with Crippen molar-refractivity contribution < 1.29 is 24.2 Å². The van der Waals surface area contributed by atoms with Gasteiger partial charge in [0.15, 0.2) is 0 Å². The smallest absolute Gasteiger partial charge is 0.407 e. The molecule has 5 rings (SSSR count). The fraction of sp³-hybridized carbons (Fsp3) is 0.308. The molecular weight excluding hydrogens is 448 g/mol. The Morgan fingerprint density at radius 3 is 2.34 bits per heavy atom. The molecule has 0 atom stereocenters. The maximum Gasteiger partial charge on any atom is 0.407 e. The lowest BCUT2D eigenvalue weighted by Crippen LogP contribution is -2.46. The minimum Gasteiger partial charge on any atom is -0.481 e. The number of carboxylic acids is 1. The summed E-state index contributed by atoms with van der Waals surface area (Å²) in [6.45, 7) is 0.991. The summed E-state index contributed by atoms with van der Waals surface area (Å²) in [5, 5.41) is 14.5. The predicted octanol–water partition coefficient (Wildman–Crippen LogP) is 3.01. The van der Waals surface area contributed by atoms with Crippen molar-refractivity contribution in [2.24, 2.45) is 5.92 Å². The molecule has 9 nitrogen and oxygen atoms in total. The number of hydrogen-bond acceptors (Lipinski definition) is 5. The third-order valence-electron chi connectivity index (χ3n) is 6.67. The van der Waals surface area contributed by atoms with Gasteiger partial charge in [0.25, 0.3) is 5.91 Å². The first-order chi connectivity index (χ1) is 17.0. The molecule has 1 saturated carbocycles. The van der Waals surface area contributed by atoms with Crippen molar-refractivity contribution in [2.75, 3.05) is 13.2 Å². The minimum absolute atomic E-state index is 0.00400. The normalized spacial score (nSPS) is 18.2. The van der Waals surface area contributed by atoms with Gasteiger partial charge < -0.3 is 25.0 Å². The summed E-state index contributed by atoms with van der Waals surface area (Å²) < 4.78 is 7.24. The van der Waals surface area contributed by atoms with E-state index in [1.807, 2.05) is 24.3 Å². The zero-order valence-electron chi connectivity index (χ0n) is 19.0. The van der Waals surface area contributed by atoms with E-state index in [4.69, 9.17) is 9.84 Å². The molecule has 1 fully saturated rings. The molecule has 1 heterocycles. The fourth-order valence-electron chi connectivity index (χ4n) is 4.73. The molecule has 3 aromatic rings. The number of fused-ring (bicyclic) bond motifs is 3. The Balaban J connectivity index is 1.07. The maximum atomic E-state index is 12.3. The van der Waals surface area contributed by atoms with Crippen LogP contribution in [0.4, 0.5) is 4.79 Å². The van der Waals surface area contributed by atoms with Gasteiger partial charge in [-0.2, -0.15) is 0 Å². The van der Waals surface area contributed by atoms with Crippen molar-refractivity contribution in [2.45, 2.75) is 31.3 Å². The molecule has 180 valence electrons. The van der Waals surface area contributed by atoms with E-state index in [1.165, 1.54) is 17.5 Å². The number of nitrogens with one attached hydrogen (secondary N) is 2. The number of hydrogen-bond donors (Lipinski definition) is 3. The zero-order valence-corrected chi connectivity index (χ0v) is 19.0. The summed E-state index contributed by atoms with van der Waals surface area (Å²) in [6.07, 6.45) is 3.50. The van der Waals surface area contributed by atoms with Crippen LogP contribution in [0.5, 0.6) is 0 Å². The number of rotatable bonds is 8. The molecule has 0 spiro atoms. The van der Waals surface area contributed by atoms with E-state index in [-0.39, 0.29) is 36.1 Å². The van der Waals surface area contributed by atoms with Crippen molar-refractivity contribution in [3.63, 3.8) is 0 Å². The van der Waals surface area contributed by atoms with E-state index >= 15 is 0 Å². The molecule has 0 bridgehead atoms. The summed E-state index contributed by atoms with van der Waals surface area (Å²) in [5.41, 5.74) is 4.93. The first kappa shape index (κ1) is 22.6. The number of aromatic nitrogens is 2. The lowest BCUT2D eigenvalue weighted by molar-refractivity contribution is -0.145. The van der Waals surface area contributed by atoms with Gasteiger partial charge in [-0.3, -0.25) is 9.59 Å². The van der Waals surface area contributed by atoms with Crippen molar-refractivity contribution in [3.05, 3.63) is 77.9 Å². The molecule has 9 heteroatoms. The van der Waals surface area contributed by atoms with E-state index in [2.05, 4.69) is 39.9 Å². The average Bonchev–Trinajstić information content (AvgIpc) is 3.42. The van der Waals surface area contributed by atoms with Crippen LogP contribution in [0, 0.1) is 5.92 Å². The molecule has 0 radical (unpaired) electrons. The largest absolute Gasteiger partial charge is 0.481 e. The van der Waals surface area contributed by atoms with Crippen LogP contribution in [0.25, 0.3) is 11.1 Å². The number of amides is 2. The molecule has 3 N–H and O–H groups in total. The number of imidazole rings is 1. The number of carbonyl (C=O) groups excluding carboxylic acids is 2. The number of carboxylic acid groups (broad SMARTS) is 1. The summed E-state index contributed by atoms with van der Waals surface area (Å²) in [5.74, 6) is -1.54. The second-order valence-electron chi connectivity index (χ2n) is 8.93. The van der Waals surface area contributed by atoms with Crippen LogP contribution < -0.4 is 10.6 Å². The van der Waals surface area contributed by atoms with E-state index in [9.17, 15) is 14.4 Å². The fourth-order valence-corrected chi connectivity index (χ4v) is 4.73. The lowest BCUT2D eigenvalue weighted by atomic mass is 9.80. The molecule has 0 aliphatic heterocycles. The number of nitrogens with zero attached hydrogens (tertiary/aromatic N) is 2. The number of carbonyl (C=O) groups is 3. The highest BCUT2D eigenvalue weighted by Crippen LogP contribution is 2.44. The van der Waals surface area contributed by atoms with Crippen molar-refractivity contribution in [3.8, 4) is 11.1 Å². The number of benzene rings is 2. The van der Waals surface area contributed by atoms with Crippen molar-refractivity contribution in [1.29, 1.82) is 0 Å². The van der Waals surface area contributed by atoms with Gasteiger partial charge in [0, 0.05) is 31.2 Å². The highest BCUT2D eigenvalue weighted by molar-refractivity contribution is 5.92. The second kappa shape index (κ2) is 9.61. The number of aliphatic carboxylic acids is 1. The Bertz CT molecular complexity index is 1220. The van der Waals surface area contributed by atoms with Crippen LogP contribution in [0.1, 0.15) is 40.4 Å². The topological polar surface area (TPSA) is 123 Å². The number of alkyl carbamates (subject to hydrolysis) is 1. The minimum atomic E-state index is -0.830. The Kier molecular flexibility index (Phi) is 6.22. The van der Waals surface area contributed by atoms with E-state index < -0.39 is 12.1 Å². The highest BCUT2D eigenvalue weighted by Gasteiger charge is 2.35. The number of ether oxygens (including phenoxy) is 1. The lowest BCUT2D eigenvalue weighted by Gasteiger charge is -2.32. The second-order valence-corrected chi connectivity index (χ2v) is 8.93. The molecule has 2 aliphatic rings. The third-order valence-corrected chi connectivity index (χ3v) is 6.67. The van der Waals surface area contributed by atoms with Gasteiger partial charge >= 0.3 is 12.1 Å². The van der Waals surface area contributed by atoms with Gasteiger partial charge in [-0.15, -0.1) is 0 Å². The van der Waals surface area contributed by atoms with Gasteiger partial charge in [0.05, 0.1) is 12.2 Å². The molecule has 2 amide bonds. The van der Waals surface area contributed by atoms with Gasteiger partial charge in [-0.05, 0) is 35.1 Å². The molecular formula is C26H26N4O5. The third kappa shape index (κ3) is 4.75. The highest BCUT2D eigenvalue weighted by atomic mass is 16.5. The van der Waals surface area contributed by atoms with Gasteiger partial charge in [-0.1, -0.05) is 48.5 Å². The SMILES string of the molecule is O=C(NCCn1cnc(C(=O)NC2CC(C(=O)O)C2)c1)OCC1c2ccccc2-c2ccccc21. The summed E-state index contributed by atoms with van der Waals surface area (Å²) in [6, 6.07) is 16.2. The van der Waals surface area contributed by atoms with E-state index in [1.54, 1.807) is 10.8 Å². The monoisotopic (exact) mass is 474 g/mol. The average molecular weight is 475 g/mol. The quantitative estimate of drug-likeness (QED) is 0.461. The standard InChI is InChI=1S/C26H26N4O5/c31-24(29-17-11-16(12-17)25(32)33)23-13-30(15-28-23)10-9-27-26(34)35-14-22-20-7-3-1-5-18(20)19-6-2-4-8-21(19)22/h1-8,13,15-17,22H,9-12,14H2,(H,27,34)(H,29,31)(H,32,33). The maximum absolute atomic E-state index is 12.3. The van der Waals surface area contributed by atoms with Crippen LogP contribution in [0.15, 0.2) is 61.1 Å². The van der Waals surface area contributed by atoms with Crippen LogP contribution in [-0.4, -0.2) is 51.8 Å². The predicted molar refractivity (Wildman–Crippen MR) is 127 cm³/mol. The van der Waals surface area contributed by atoms with Crippen LogP contribution >= 0.6 is 0 Å². The Morgan fingerprint density at radius 1 is 1.03 bits per heavy atom. The first-order valence-electron chi connectivity index (χ1n) is 11.6. The molecule has 35 heavy (non-hydrogen) atoms. The molecule has 2 aliphatic carbocycles. The van der Waals surface area contributed by atoms with Crippen LogP contribution in [-0.2, 0) is 16.1 Å². The molecule has 1 aromatic heterocycles. The summed E-state index contributed by atoms with van der Waals surface area (Å²) in [7, 11) is 0.